The molecule has 0 saturated carbocycles. The van der Waals surface area contributed by atoms with Crippen LogP contribution in [-0.2, 0) is 6.42 Å². The number of aryl methyl sites for hydroxylation is 1. The summed E-state index contributed by atoms with van der Waals surface area (Å²) in [5, 5.41) is 0. The third-order valence-corrected chi connectivity index (χ3v) is 3.90. The van der Waals surface area contributed by atoms with E-state index in [1.54, 1.807) is 6.07 Å². The number of aromatic amines is 1. The van der Waals surface area contributed by atoms with Crippen LogP contribution in [-0.4, -0.2) is 29.6 Å². The third-order valence-electron chi connectivity index (χ3n) is 3.90. The normalized spacial score (nSPS) is 18.9. The largest absolute Gasteiger partial charge is 0.356 e. The summed E-state index contributed by atoms with van der Waals surface area (Å²) in [6.07, 6.45) is 2.86. The van der Waals surface area contributed by atoms with E-state index in [0.29, 0.717) is 0 Å². The van der Waals surface area contributed by atoms with Gasteiger partial charge in [-0.3, -0.25) is 4.79 Å². The molecule has 5 heteroatoms. The molecule has 1 aromatic heterocycles. The first-order valence-electron chi connectivity index (χ1n) is 6.61. The van der Waals surface area contributed by atoms with E-state index in [9.17, 15) is 4.79 Å². The van der Waals surface area contributed by atoms with Crippen molar-refractivity contribution in [1.29, 1.82) is 0 Å². The molecule has 18 heavy (non-hydrogen) atoms. The fourth-order valence-corrected chi connectivity index (χ4v) is 2.30. The van der Waals surface area contributed by atoms with Crippen LogP contribution in [0.25, 0.3) is 0 Å². The molecule has 1 aromatic rings. The van der Waals surface area contributed by atoms with Crippen LogP contribution in [0.3, 0.4) is 0 Å². The van der Waals surface area contributed by atoms with Gasteiger partial charge in [0.2, 0.25) is 0 Å². The second-order valence-electron chi connectivity index (χ2n) is 5.41. The van der Waals surface area contributed by atoms with E-state index < -0.39 is 0 Å². The first-order valence-corrected chi connectivity index (χ1v) is 6.61. The zero-order valence-corrected chi connectivity index (χ0v) is 11.2. The van der Waals surface area contributed by atoms with Crippen molar-refractivity contribution in [3.05, 3.63) is 22.2 Å². The van der Waals surface area contributed by atoms with Crippen molar-refractivity contribution in [2.45, 2.75) is 33.1 Å². The molecule has 1 aliphatic heterocycles. The molecule has 2 rings (SSSR count). The number of hydrogen-bond acceptors (Lipinski definition) is 4. The van der Waals surface area contributed by atoms with Gasteiger partial charge in [0, 0.05) is 25.6 Å². The Hall–Kier alpha value is -1.36. The summed E-state index contributed by atoms with van der Waals surface area (Å²) >= 11 is 0. The number of piperidine rings is 1. The number of nitrogens with two attached hydrogens (primary N) is 1. The lowest BCUT2D eigenvalue weighted by atomic mass is 9.80. The van der Waals surface area contributed by atoms with Gasteiger partial charge in [-0.05, 0) is 24.8 Å². The molecule has 5 nitrogen and oxygen atoms in total. The molecular formula is C13H22N4O. The number of rotatable bonds is 3. The number of nitrogens with one attached hydrogen (secondary N) is 1. The van der Waals surface area contributed by atoms with Crippen LogP contribution in [0.2, 0.25) is 0 Å². The lowest BCUT2D eigenvalue weighted by Crippen LogP contribution is -2.43. The minimum Gasteiger partial charge on any atom is -0.356 e. The molecule has 100 valence electrons. The predicted molar refractivity (Wildman–Crippen MR) is 72.8 cm³/mol. The summed E-state index contributed by atoms with van der Waals surface area (Å²) in [7, 11) is 0. The number of hydrogen-bond donors (Lipinski definition) is 2. The van der Waals surface area contributed by atoms with E-state index in [1.165, 1.54) is 0 Å². The van der Waals surface area contributed by atoms with Crippen LogP contribution in [0.5, 0.6) is 0 Å². The van der Waals surface area contributed by atoms with Gasteiger partial charge in [-0.25, -0.2) is 4.98 Å². The average molecular weight is 250 g/mol. The second kappa shape index (κ2) is 5.10. The molecule has 1 fully saturated rings. The molecule has 0 aliphatic carbocycles. The van der Waals surface area contributed by atoms with Gasteiger partial charge in [-0.2, -0.15) is 0 Å². The van der Waals surface area contributed by atoms with Crippen LogP contribution < -0.4 is 16.2 Å². The molecule has 0 amide bonds. The van der Waals surface area contributed by atoms with Crippen molar-refractivity contribution in [2.75, 3.05) is 24.5 Å². The molecular weight excluding hydrogens is 228 g/mol. The zero-order chi connectivity index (χ0) is 13.2. The van der Waals surface area contributed by atoms with Crippen molar-refractivity contribution >= 4 is 5.82 Å². The van der Waals surface area contributed by atoms with Crippen LogP contribution in [0.15, 0.2) is 10.9 Å². The van der Waals surface area contributed by atoms with E-state index in [2.05, 4.69) is 21.8 Å². The van der Waals surface area contributed by atoms with E-state index in [-0.39, 0.29) is 11.0 Å². The molecule has 0 aromatic carbocycles. The molecule has 0 bridgehead atoms. The summed E-state index contributed by atoms with van der Waals surface area (Å²) in [4.78, 5) is 21.0. The predicted octanol–water partition coefficient (Wildman–Crippen LogP) is 0.897. The van der Waals surface area contributed by atoms with Gasteiger partial charge in [0.1, 0.15) is 11.6 Å². The van der Waals surface area contributed by atoms with Gasteiger partial charge in [0.15, 0.2) is 0 Å². The van der Waals surface area contributed by atoms with Crippen molar-refractivity contribution in [1.82, 2.24) is 9.97 Å². The minimum atomic E-state index is -0.0657. The topological polar surface area (TPSA) is 75.0 Å². The van der Waals surface area contributed by atoms with E-state index in [1.807, 2.05) is 6.92 Å². The second-order valence-corrected chi connectivity index (χ2v) is 5.41. The fourth-order valence-electron chi connectivity index (χ4n) is 2.30. The Morgan fingerprint density at radius 1 is 1.50 bits per heavy atom. The summed E-state index contributed by atoms with van der Waals surface area (Å²) in [6.45, 7) is 6.79. The molecule has 0 radical (unpaired) electrons. The lowest BCUT2D eigenvalue weighted by molar-refractivity contribution is 0.258. The maximum atomic E-state index is 11.6. The smallest absolute Gasteiger partial charge is 0.252 e. The van der Waals surface area contributed by atoms with Crippen LogP contribution in [0, 0.1) is 5.41 Å². The van der Waals surface area contributed by atoms with Crippen molar-refractivity contribution in [3.63, 3.8) is 0 Å². The number of nitrogens with zero attached hydrogens (tertiary/aromatic N) is 2. The molecule has 3 N–H and O–H groups in total. The van der Waals surface area contributed by atoms with Gasteiger partial charge in [0.25, 0.3) is 5.56 Å². The maximum absolute atomic E-state index is 11.6. The monoisotopic (exact) mass is 250 g/mol. The SMILES string of the molecule is CCc1nc(N2CCC(C)(CN)CC2)cc(=O)[nH]1. The molecule has 0 unspecified atom stereocenters. The number of aromatic nitrogens is 2. The zero-order valence-electron chi connectivity index (χ0n) is 11.2. The van der Waals surface area contributed by atoms with Crippen molar-refractivity contribution in [3.8, 4) is 0 Å². The Balaban J connectivity index is 2.14. The highest BCUT2D eigenvalue weighted by Crippen LogP contribution is 2.30. The van der Waals surface area contributed by atoms with Crippen LogP contribution in [0.1, 0.15) is 32.5 Å². The number of H-pyrrole nitrogens is 1. The van der Waals surface area contributed by atoms with Crippen LogP contribution in [0.4, 0.5) is 5.82 Å². The Labute approximate surface area is 107 Å². The van der Waals surface area contributed by atoms with E-state index >= 15 is 0 Å². The summed E-state index contributed by atoms with van der Waals surface area (Å²) in [6, 6.07) is 1.59. The fraction of sp³-hybridized carbons (Fsp3) is 0.692. The molecule has 2 heterocycles. The Bertz CT molecular complexity index is 460. The lowest BCUT2D eigenvalue weighted by Gasteiger charge is -2.39. The Morgan fingerprint density at radius 2 is 2.17 bits per heavy atom. The summed E-state index contributed by atoms with van der Waals surface area (Å²) in [5.41, 5.74) is 5.98. The maximum Gasteiger partial charge on any atom is 0.252 e. The standard InChI is InChI=1S/C13H22N4O/c1-3-10-15-11(8-12(18)16-10)17-6-4-13(2,9-14)5-7-17/h8H,3-7,9,14H2,1-2H3,(H,15,16,18). The van der Waals surface area contributed by atoms with Crippen molar-refractivity contribution < 1.29 is 0 Å². The Kier molecular flexibility index (Phi) is 3.71. The van der Waals surface area contributed by atoms with Gasteiger partial charge in [-0.1, -0.05) is 13.8 Å². The third kappa shape index (κ3) is 2.72. The molecule has 1 aliphatic rings. The van der Waals surface area contributed by atoms with Crippen LogP contribution >= 0.6 is 0 Å². The van der Waals surface area contributed by atoms with Gasteiger partial charge in [-0.15, -0.1) is 0 Å². The van der Waals surface area contributed by atoms with Crippen molar-refractivity contribution in [2.24, 2.45) is 11.1 Å². The van der Waals surface area contributed by atoms with Gasteiger partial charge >= 0.3 is 0 Å². The highest BCUT2D eigenvalue weighted by molar-refractivity contribution is 5.38. The number of anilines is 1. The highest BCUT2D eigenvalue weighted by Gasteiger charge is 2.29. The minimum absolute atomic E-state index is 0.0657. The summed E-state index contributed by atoms with van der Waals surface area (Å²) < 4.78 is 0. The van der Waals surface area contributed by atoms with E-state index in [4.69, 9.17) is 5.73 Å². The van der Waals surface area contributed by atoms with Gasteiger partial charge in [0.05, 0.1) is 0 Å². The van der Waals surface area contributed by atoms with Gasteiger partial charge < -0.3 is 15.6 Å². The molecule has 1 saturated heterocycles. The summed E-state index contributed by atoms with van der Waals surface area (Å²) in [5.74, 6) is 1.55. The molecule has 0 atom stereocenters. The Morgan fingerprint density at radius 3 is 2.72 bits per heavy atom. The quantitative estimate of drug-likeness (QED) is 0.835. The first-order chi connectivity index (χ1) is 8.56. The first kappa shape index (κ1) is 13.1. The average Bonchev–Trinajstić information content (AvgIpc) is 2.39. The molecule has 0 spiro atoms. The van der Waals surface area contributed by atoms with E-state index in [0.717, 1.165) is 50.5 Å². The highest BCUT2D eigenvalue weighted by atomic mass is 16.1.